The molecule has 106 valence electrons. The van der Waals surface area contributed by atoms with Crippen LogP contribution in [0.1, 0.15) is 44.2 Å². The Morgan fingerprint density at radius 2 is 2.05 bits per heavy atom. The molecule has 0 aliphatic carbocycles. The number of hydrogen-bond donors (Lipinski definition) is 1. The lowest BCUT2D eigenvalue weighted by molar-refractivity contribution is 0.176. The van der Waals surface area contributed by atoms with Crippen molar-refractivity contribution in [2.24, 2.45) is 5.92 Å². The zero-order valence-electron chi connectivity index (χ0n) is 12.5. The fourth-order valence-corrected chi connectivity index (χ4v) is 2.96. The smallest absolute Gasteiger partial charge is 0.0237 e. The van der Waals surface area contributed by atoms with Crippen molar-refractivity contribution in [3.63, 3.8) is 0 Å². The lowest BCUT2D eigenvalue weighted by Crippen LogP contribution is -2.34. The van der Waals surface area contributed by atoms with E-state index in [1.54, 1.807) is 0 Å². The molecule has 1 N–H and O–H groups in total. The molecule has 2 heteroatoms. The highest BCUT2D eigenvalue weighted by atomic mass is 15.1. The van der Waals surface area contributed by atoms with E-state index in [4.69, 9.17) is 0 Å². The molecule has 0 saturated carbocycles. The van der Waals surface area contributed by atoms with Crippen LogP contribution in [0.5, 0.6) is 0 Å². The molecule has 2 rings (SSSR count). The van der Waals surface area contributed by atoms with Crippen molar-refractivity contribution in [3.05, 3.63) is 35.4 Å². The predicted octanol–water partition coefficient (Wildman–Crippen LogP) is 3.42. The Morgan fingerprint density at radius 3 is 2.79 bits per heavy atom. The van der Waals surface area contributed by atoms with E-state index in [1.165, 1.54) is 43.5 Å². The average molecular weight is 260 g/mol. The molecule has 1 aliphatic rings. The van der Waals surface area contributed by atoms with Crippen LogP contribution >= 0.6 is 0 Å². The number of nitrogens with zero attached hydrogens (tertiary/aromatic N) is 1. The molecular weight excluding hydrogens is 232 g/mol. The topological polar surface area (TPSA) is 15.3 Å². The SMILES string of the molecule is CCCNCc1ccccc1CN1CCCC(C)C1. The van der Waals surface area contributed by atoms with Gasteiger partial charge >= 0.3 is 0 Å². The second kappa shape index (κ2) is 7.66. The van der Waals surface area contributed by atoms with Crippen LogP contribution < -0.4 is 5.32 Å². The molecule has 1 fully saturated rings. The van der Waals surface area contributed by atoms with Gasteiger partial charge in [-0.1, -0.05) is 38.1 Å². The predicted molar refractivity (Wildman–Crippen MR) is 82.1 cm³/mol. The van der Waals surface area contributed by atoms with Gasteiger partial charge in [0.05, 0.1) is 0 Å². The van der Waals surface area contributed by atoms with Gasteiger partial charge < -0.3 is 5.32 Å². The quantitative estimate of drug-likeness (QED) is 0.788. The molecule has 19 heavy (non-hydrogen) atoms. The molecule has 1 atom stereocenters. The van der Waals surface area contributed by atoms with E-state index < -0.39 is 0 Å². The Bertz CT molecular complexity index is 375. The minimum Gasteiger partial charge on any atom is -0.313 e. The van der Waals surface area contributed by atoms with Crippen molar-refractivity contribution in [1.82, 2.24) is 10.2 Å². The fraction of sp³-hybridized carbons (Fsp3) is 0.647. The zero-order chi connectivity index (χ0) is 13.5. The number of rotatable bonds is 6. The van der Waals surface area contributed by atoms with Crippen LogP contribution in [0.4, 0.5) is 0 Å². The Balaban J connectivity index is 1.94. The van der Waals surface area contributed by atoms with Gasteiger partial charge in [0.15, 0.2) is 0 Å². The summed E-state index contributed by atoms with van der Waals surface area (Å²) in [4.78, 5) is 2.62. The zero-order valence-corrected chi connectivity index (χ0v) is 12.5. The van der Waals surface area contributed by atoms with E-state index in [2.05, 4.69) is 48.3 Å². The summed E-state index contributed by atoms with van der Waals surface area (Å²) in [6.45, 7) is 10.4. The van der Waals surface area contributed by atoms with Crippen molar-refractivity contribution < 1.29 is 0 Å². The molecule has 1 aliphatic heterocycles. The van der Waals surface area contributed by atoms with Crippen LogP contribution in [0.2, 0.25) is 0 Å². The summed E-state index contributed by atoms with van der Waals surface area (Å²) < 4.78 is 0. The summed E-state index contributed by atoms with van der Waals surface area (Å²) in [5.41, 5.74) is 2.97. The van der Waals surface area contributed by atoms with Gasteiger partial charge in [0.1, 0.15) is 0 Å². The van der Waals surface area contributed by atoms with Gasteiger partial charge in [-0.3, -0.25) is 4.90 Å². The minimum absolute atomic E-state index is 0.860. The molecule has 0 amide bonds. The van der Waals surface area contributed by atoms with Gasteiger partial charge in [0, 0.05) is 19.6 Å². The van der Waals surface area contributed by atoms with Crippen LogP contribution in [-0.4, -0.2) is 24.5 Å². The summed E-state index contributed by atoms with van der Waals surface area (Å²) in [6, 6.07) is 8.89. The van der Waals surface area contributed by atoms with E-state index in [0.29, 0.717) is 0 Å². The van der Waals surface area contributed by atoms with Crippen molar-refractivity contribution in [2.75, 3.05) is 19.6 Å². The highest BCUT2D eigenvalue weighted by molar-refractivity contribution is 5.27. The third-order valence-corrected chi connectivity index (χ3v) is 4.00. The number of hydrogen-bond acceptors (Lipinski definition) is 2. The summed E-state index contributed by atoms with van der Waals surface area (Å²) >= 11 is 0. The summed E-state index contributed by atoms with van der Waals surface area (Å²) in [5.74, 6) is 0.860. The van der Waals surface area contributed by atoms with E-state index in [1.807, 2.05) is 0 Å². The summed E-state index contributed by atoms with van der Waals surface area (Å²) in [7, 11) is 0. The molecule has 2 nitrogen and oxygen atoms in total. The first-order chi connectivity index (χ1) is 9.29. The van der Waals surface area contributed by atoms with Gasteiger partial charge in [0.2, 0.25) is 0 Å². The number of likely N-dealkylation sites (tertiary alicyclic amines) is 1. The van der Waals surface area contributed by atoms with Crippen LogP contribution in [0, 0.1) is 5.92 Å². The van der Waals surface area contributed by atoms with Crippen molar-refractivity contribution >= 4 is 0 Å². The molecule has 0 aromatic heterocycles. The average Bonchev–Trinajstić information content (AvgIpc) is 2.41. The highest BCUT2D eigenvalue weighted by Crippen LogP contribution is 2.19. The monoisotopic (exact) mass is 260 g/mol. The Hall–Kier alpha value is -0.860. The molecule has 1 unspecified atom stereocenters. The molecule has 1 aromatic rings. The molecular formula is C17H28N2. The van der Waals surface area contributed by atoms with Gasteiger partial charge in [-0.05, 0) is 49.4 Å². The van der Waals surface area contributed by atoms with Crippen molar-refractivity contribution in [2.45, 2.75) is 46.2 Å². The summed E-state index contributed by atoms with van der Waals surface area (Å²) in [5, 5.41) is 3.52. The van der Waals surface area contributed by atoms with Crippen LogP contribution in [-0.2, 0) is 13.1 Å². The lowest BCUT2D eigenvalue weighted by atomic mass is 9.99. The minimum atomic E-state index is 0.860. The van der Waals surface area contributed by atoms with Crippen LogP contribution in [0.25, 0.3) is 0 Å². The van der Waals surface area contributed by atoms with E-state index >= 15 is 0 Å². The van der Waals surface area contributed by atoms with E-state index in [0.717, 1.165) is 25.6 Å². The maximum Gasteiger partial charge on any atom is 0.0237 e. The number of piperidine rings is 1. The number of benzene rings is 1. The van der Waals surface area contributed by atoms with Crippen molar-refractivity contribution in [3.8, 4) is 0 Å². The second-order valence-electron chi connectivity index (χ2n) is 5.93. The first kappa shape index (κ1) is 14.5. The molecule has 0 bridgehead atoms. The Labute approximate surface area is 118 Å². The van der Waals surface area contributed by atoms with E-state index in [9.17, 15) is 0 Å². The third-order valence-electron chi connectivity index (χ3n) is 4.00. The molecule has 1 heterocycles. The van der Waals surface area contributed by atoms with Crippen LogP contribution in [0.15, 0.2) is 24.3 Å². The van der Waals surface area contributed by atoms with Gasteiger partial charge in [-0.2, -0.15) is 0 Å². The van der Waals surface area contributed by atoms with Gasteiger partial charge in [-0.25, -0.2) is 0 Å². The second-order valence-corrected chi connectivity index (χ2v) is 5.93. The fourth-order valence-electron chi connectivity index (χ4n) is 2.96. The summed E-state index contributed by atoms with van der Waals surface area (Å²) in [6.07, 6.45) is 3.96. The van der Waals surface area contributed by atoms with Gasteiger partial charge in [-0.15, -0.1) is 0 Å². The maximum atomic E-state index is 3.52. The largest absolute Gasteiger partial charge is 0.313 e. The standard InChI is InChI=1S/C17H28N2/c1-3-10-18-12-16-8-4-5-9-17(16)14-19-11-6-7-15(2)13-19/h4-5,8-9,15,18H,3,6-7,10-14H2,1-2H3. The highest BCUT2D eigenvalue weighted by Gasteiger charge is 2.17. The Kier molecular flexibility index (Phi) is 5.87. The normalized spacial score (nSPS) is 20.6. The maximum absolute atomic E-state index is 3.52. The molecule has 0 spiro atoms. The molecule has 1 saturated heterocycles. The van der Waals surface area contributed by atoms with Crippen molar-refractivity contribution in [1.29, 1.82) is 0 Å². The van der Waals surface area contributed by atoms with Crippen LogP contribution in [0.3, 0.4) is 0 Å². The third kappa shape index (κ3) is 4.63. The first-order valence-corrected chi connectivity index (χ1v) is 7.79. The van der Waals surface area contributed by atoms with Gasteiger partial charge in [0.25, 0.3) is 0 Å². The number of nitrogens with one attached hydrogen (secondary N) is 1. The Morgan fingerprint density at radius 1 is 1.26 bits per heavy atom. The van der Waals surface area contributed by atoms with E-state index in [-0.39, 0.29) is 0 Å². The molecule has 1 aromatic carbocycles. The molecule has 0 radical (unpaired) electrons. The first-order valence-electron chi connectivity index (χ1n) is 7.79. The lowest BCUT2D eigenvalue weighted by Gasteiger charge is -2.31.